The maximum Gasteiger partial charge on any atom is 0.279 e. The first kappa shape index (κ1) is 16.5. The second-order valence-electron chi connectivity index (χ2n) is 5.59. The number of aromatic nitrogens is 1. The molecule has 0 fully saturated rings. The van der Waals surface area contributed by atoms with E-state index in [4.69, 9.17) is 10.2 Å². The molecule has 2 aromatic rings. The van der Waals surface area contributed by atoms with Crippen LogP contribution in [0.15, 0.2) is 45.3 Å². The number of allylic oxidation sites excluding steroid dienone is 4. The van der Waals surface area contributed by atoms with E-state index >= 15 is 0 Å². The van der Waals surface area contributed by atoms with Gasteiger partial charge >= 0.3 is 0 Å². The van der Waals surface area contributed by atoms with Crippen LogP contribution in [0.25, 0.3) is 11.0 Å². The van der Waals surface area contributed by atoms with E-state index in [2.05, 4.69) is 10.3 Å². The maximum atomic E-state index is 13.3. The molecule has 0 radical (unpaired) electrons. The van der Waals surface area contributed by atoms with Gasteiger partial charge in [0.1, 0.15) is 17.2 Å². The van der Waals surface area contributed by atoms with E-state index in [1.807, 2.05) is 12.1 Å². The normalized spacial score (nSPS) is 17.6. The third-order valence-electron chi connectivity index (χ3n) is 4.11. The smallest absolute Gasteiger partial charge is 0.279 e. The van der Waals surface area contributed by atoms with Gasteiger partial charge in [-0.05, 0) is 19.1 Å². The molecule has 2 aromatic heterocycles. The van der Waals surface area contributed by atoms with Crippen molar-refractivity contribution in [1.82, 2.24) is 10.3 Å². The Kier molecular flexibility index (Phi) is 4.12. The molecule has 0 aliphatic carbocycles. The lowest BCUT2D eigenvalue weighted by Gasteiger charge is -2.26. The summed E-state index contributed by atoms with van der Waals surface area (Å²) in [6, 6.07) is 7.10. The number of halogens is 2. The van der Waals surface area contributed by atoms with Gasteiger partial charge in [-0.1, -0.05) is 0 Å². The highest BCUT2D eigenvalue weighted by atomic mass is 19.3. The highest BCUT2D eigenvalue weighted by Crippen LogP contribution is 2.35. The zero-order valence-corrected chi connectivity index (χ0v) is 13.2. The number of pyridine rings is 1. The lowest BCUT2D eigenvalue weighted by Crippen LogP contribution is -2.30. The Morgan fingerprint density at radius 1 is 1.36 bits per heavy atom. The van der Waals surface area contributed by atoms with Crippen molar-refractivity contribution in [1.29, 1.82) is 10.5 Å². The molecule has 1 atom stereocenters. The van der Waals surface area contributed by atoms with Gasteiger partial charge in [-0.25, -0.2) is 13.8 Å². The summed E-state index contributed by atoms with van der Waals surface area (Å²) >= 11 is 0. The number of nitrogens with one attached hydrogen (secondary N) is 1. The van der Waals surface area contributed by atoms with E-state index in [9.17, 15) is 19.3 Å². The van der Waals surface area contributed by atoms with Crippen molar-refractivity contribution in [2.75, 3.05) is 5.73 Å². The monoisotopic (exact) mass is 341 g/mol. The third-order valence-corrected chi connectivity index (χ3v) is 4.11. The molecule has 0 amide bonds. The summed E-state index contributed by atoms with van der Waals surface area (Å²) < 4.78 is 32.2. The summed E-state index contributed by atoms with van der Waals surface area (Å²) in [6.45, 7) is 1.53. The molecule has 25 heavy (non-hydrogen) atoms. The first-order valence-corrected chi connectivity index (χ1v) is 7.39. The van der Waals surface area contributed by atoms with Gasteiger partial charge in [-0.2, -0.15) is 10.5 Å². The van der Waals surface area contributed by atoms with E-state index in [1.165, 1.54) is 13.1 Å². The van der Waals surface area contributed by atoms with Gasteiger partial charge in [0.15, 0.2) is 0 Å². The molecule has 1 aliphatic heterocycles. The number of hydrogen-bond acceptors (Lipinski definition) is 6. The molecule has 3 rings (SSSR count). The number of alkyl halides is 2. The molecule has 0 aromatic carbocycles. The molecule has 8 heteroatoms. The molecule has 0 saturated heterocycles. The Bertz CT molecular complexity index is 991. The van der Waals surface area contributed by atoms with Crippen molar-refractivity contribution in [3.05, 3.63) is 46.6 Å². The van der Waals surface area contributed by atoms with E-state index in [0.717, 1.165) is 0 Å². The van der Waals surface area contributed by atoms with Crippen LogP contribution < -0.4 is 11.1 Å². The van der Waals surface area contributed by atoms with Crippen LogP contribution >= 0.6 is 0 Å². The summed E-state index contributed by atoms with van der Waals surface area (Å²) in [6.07, 6.45) is -1.26. The fourth-order valence-corrected chi connectivity index (χ4v) is 2.94. The van der Waals surface area contributed by atoms with Gasteiger partial charge in [0.05, 0.1) is 34.4 Å². The number of dihydropyridines is 1. The number of fused-ring (bicyclic) bond motifs is 1. The minimum atomic E-state index is -2.84. The van der Waals surface area contributed by atoms with E-state index in [0.29, 0.717) is 22.4 Å². The zero-order valence-electron chi connectivity index (χ0n) is 13.2. The highest BCUT2D eigenvalue weighted by molar-refractivity contribution is 5.87. The van der Waals surface area contributed by atoms with Crippen molar-refractivity contribution >= 4 is 16.8 Å². The third kappa shape index (κ3) is 2.79. The predicted molar refractivity (Wildman–Crippen MR) is 85.7 cm³/mol. The zero-order chi connectivity index (χ0) is 18.1. The van der Waals surface area contributed by atoms with Gasteiger partial charge in [0, 0.05) is 24.2 Å². The fraction of sp³-hybridized carbons (Fsp3) is 0.235. The van der Waals surface area contributed by atoms with Crippen LogP contribution in [0.1, 0.15) is 12.7 Å². The SMILES string of the molecule is CC1=C(C#N)C(Cc2cc3c(N)nccc3o2)C(C#N)=C(C(F)F)N1. The summed E-state index contributed by atoms with van der Waals surface area (Å²) in [5.74, 6) is -0.0899. The predicted octanol–water partition coefficient (Wildman–Crippen LogP) is 3.01. The first-order chi connectivity index (χ1) is 12.0. The molecule has 6 nitrogen and oxygen atoms in total. The maximum absolute atomic E-state index is 13.3. The van der Waals surface area contributed by atoms with Crippen LogP contribution in [0, 0.1) is 28.6 Å². The van der Waals surface area contributed by atoms with Crippen molar-refractivity contribution in [2.24, 2.45) is 5.92 Å². The lowest BCUT2D eigenvalue weighted by molar-refractivity contribution is 0.179. The Hall–Kier alpha value is -3.39. The second-order valence-corrected chi connectivity index (χ2v) is 5.59. The average Bonchev–Trinajstić information content (AvgIpc) is 2.98. The Balaban J connectivity index is 2.07. The molecule has 0 saturated carbocycles. The standard InChI is InChI=1S/C17H13F2N5O/c1-8-12(6-20)10(13(7-21)15(24-8)16(18)19)4-9-5-11-14(25-9)2-3-23-17(11)22/h2-3,5,10,16,24H,4H2,1H3,(H2,22,23). The van der Waals surface area contributed by atoms with Crippen LogP contribution in [0.4, 0.5) is 14.6 Å². The number of nitriles is 2. The lowest BCUT2D eigenvalue weighted by atomic mass is 9.83. The largest absolute Gasteiger partial charge is 0.461 e. The van der Waals surface area contributed by atoms with Crippen molar-refractivity contribution in [3.63, 3.8) is 0 Å². The van der Waals surface area contributed by atoms with Gasteiger partial charge < -0.3 is 15.5 Å². The minimum Gasteiger partial charge on any atom is -0.461 e. The summed E-state index contributed by atoms with van der Waals surface area (Å²) in [5.41, 5.74) is 6.20. The molecule has 3 N–H and O–H groups in total. The van der Waals surface area contributed by atoms with Crippen molar-refractivity contribution < 1.29 is 13.2 Å². The van der Waals surface area contributed by atoms with E-state index < -0.39 is 18.0 Å². The van der Waals surface area contributed by atoms with Gasteiger partial charge in [0.2, 0.25) is 0 Å². The highest BCUT2D eigenvalue weighted by Gasteiger charge is 2.33. The van der Waals surface area contributed by atoms with E-state index in [1.54, 1.807) is 12.1 Å². The number of nitrogen functional groups attached to an aromatic ring is 1. The summed E-state index contributed by atoms with van der Waals surface area (Å²) in [7, 11) is 0. The van der Waals surface area contributed by atoms with Crippen LogP contribution in [0.3, 0.4) is 0 Å². The number of nitrogens with zero attached hydrogens (tertiary/aromatic N) is 3. The number of rotatable bonds is 3. The Labute approximate surface area is 141 Å². The van der Waals surface area contributed by atoms with Gasteiger partial charge in [-0.15, -0.1) is 0 Å². The Morgan fingerprint density at radius 3 is 2.68 bits per heavy atom. The topological polar surface area (TPSA) is 112 Å². The fourth-order valence-electron chi connectivity index (χ4n) is 2.94. The molecule has 3 heterocycles. The van der Waals surface area contributed by atoms with Crippen LogP contribution in [0.5, 0.6) is 0 Å². The van der Waals surface area contributed by atoms with Crippen molar-refractivity contribution in [3.8, 4) is 12.1 Å². The first-order valence-electron chi connectivity index (χ1n) is 7.39. The van der Waals surface area contributed by atoms with Crippen molar-refractivity contribution in [2.45, 2.75) is 19.8 Å². The second kappa shape index (κ2) is 6.25. The average molecular weight is 341 g/mol. The van der Waals surface area contributed by atoms with Crippen LogP contribution in [-0.4, -0.2) is 11.4 Å². The molecular weight excluding hydrogens is 328 g/mol. The number of hydrogen-bond donors (Lipinski definition) is 2. The van der Waals surface area contributed by atoms with Gasteiger partial charge in [0.25, 0.3) is 6.43 Å². The summed E-state index contributed by atoms with van der Waals surface area (Å²) in [4.78, 5) is 3.96. The molecule has 126 valence electrons. The minimum absolute atomic E-state index is 0.0924. The molecule has 1 aliphatic rings. The molecular formula is C17H13F2N5O. The summed E-state index contributed by atoms with van der Waals surface area (Å²) in [5, 5.41) is 21.8. The Morgan fingerprint density at radius 2 is 2.08 bits per heavy atom. The molecule has 0 spiro atoms. The van der Waals surface area contributed by atoms with Crippen LogP contribution in [0.2, 0.25) is 0 Å². The van der Waals surface area contributed by atoms with E-state index in [-0.39, 0.29) is 23.4 Å². The molecule has 1 unspecified atom stereocenters. The quantitative estimate of drug-likeness (QED) is 0.887. The number of furan rings is 1. The van der Waals surface area contributed by atoms with Crippen LogP contribution in [-0.2, 0) is 6.42 Å². The number of nitrogens with two attached hydrogens (primary N) is 1. The number of anilines is 1. The molecule has 0 bridgehead atoms. The van der Waals surface area contributed by atoms with Gasteiger partial charge in [-0.3, -0.25) is 0 Å².